The summed E-state index contributed by atoms with van der Waals surface area (Å²) in [6.45, 7) is 8.82. The summed E-state index contributed by atoms with van der Waals surface area (Å²) in [6, 6.07) is 18.5. The number of hydrogen-bond donors (Lipinski definition) is 0. The highest BCUT2D eigenvalue weighted by molar-refractivity contribution is 5.89. The molecule has 0 aliphatic carbocycles. The molecule has 0 radical (unpaired) electrons. The molecule has 1 aliphatic heterocycles. The summed E-state index contributed by atoms with van der Waals surface area (Å²) >= 11 is 0. The molecule has 0 aromatic heterocycles. The molecule has 0 N–H and O–H groups in total. The topological polar surface area (TPSA) is 32.8 Å². The average molecular weight is 352 g/mol. The highest BCUT2D eigenvalue weighted by Crippen LogP contribution is 2.23. The third-order valence-electron chi connectivity index (χ3n) is 4.73. The Hall–Kier alpha value is -2.33. The molecule has 0 saturated carbocycles. The Bertz CT molecular complexity index is 735. The number of carbonyl (C=O) groups excluding carboxylic acids is 1. The predicted octanol–water partition coefficient (Wildman–Crippen LogP) is 4.44. The summed E-state index contributed by atoms with van der Waals surface area (Å²) < 4.78 is 5.55. The Kier molecular flexibility index (Phi) is 5.33. The normalized spacial score (nSPS) is 17.7. The van der Waals surface area contributed by atoms with Crippen molar-refractivity contribution >= 4 is 11.8 Å². The number of likely N-dealkylation sites (N-methyl/N-ethyl adjacent to an activating group) is 1. The van der Waals surface area contributed by atoms with Gasteiger partial charge in [-0.15, -0.1) is 0 Å². The summed E-state index contributed by atoms with van der Waals surface area (Å²) in [7, 11) is 2.07. The monoisotopic (exact) mass is 352 g/mol. The first-order valence-corrected chi connectivity index (χ1v) is 9.14. The minimum atomic E-state index is -0.260. The Morgan fingerprint density at radius 1 is 1.08 bits per heavy atom. The smallest absolute Gasteiger partial charge is 0.414 e. The van der Waals surface area contributed by atoms with Crippen molar-refractivity contribution in [1.29, 1.82) is 0 Å². The van der Waals surface area contributed by atoms with Gasteiger partial charge in [0.15, 0.2) is 0 Å². The third kappa shape index (κ3) is 4.44. The fraction of sp³-hybridized carbons (Fsp3) is 0.409. The van der Waals surface area contributed by atoms with Crippen LogP contribution in [0.3, 0.4) is 0 Å². The van der Waals surface area contributed by atoms with Crippen LogP contribution in [0, 0.1) is 0 Å². The molecule has 1 heterocycles. The number of para-hydroxylation sites is 1. The second kappa shape index (κ2) is 7.50. The van der Waals surface area contributed by atoms with Gasteiger partial charge in [-0.25, -0.2) is 4.79 Å². The fourth-order valence-corrected chi connectivity index (χ4v) is 3.27. The molecule has 4 heteroatoms. The number of rotatable bonds is 5. The molecule has 1 fully saturated rings. The SMILES string of the molecule is CN(Cc1ccc(C(C)(C)C)cc1)CC1CN(c2ccccc2)C(=O)O1. The summed E-state index contributed by atoms with van der Waals surface area (Å²) in [5.41, 5.74) is 3.67. The summed E-state index contributed by atoms with van der Waals surface area (Å²) in [4.78, 5) is 16.1. The van der Waals surface area contributed by atoms with Crippen LogP contribution in [0.5, 0.6) is 0 Å². The second-order valence-corrected chi connectivity index (χ2v) is 8.10. The van der Waals surface area contributed by atoms with E-state index in [1.54, 1.807) is 4.90 Å². The van der Waals surface area contributed by atoms with Gasteiger partial charge in [-0.2, -0.15) is 0 Å². The van der Waals surface area contributed by atoms with Crippen LogP contribution in [-0.4, -0.2) is 37.2 Å². The van der Waals surface area contributed by atoms with Crippen LogP contribution in [-0.2, 0) is 16.7 Å². The van der Waals surface area contributed by atoms with Crippen molar-refractivity contribution in [3.05, 3.63) is 65.7 Å². The van der Waals surface area contributed by atoms with Crippen LogP contribution in [0.2, 0.25) is 0 Å². The number of ether oxygens (including phenoxy) is 1. The van der Waals surface area contributed by atoms with Gasteiger partial charge in [0.25, 0.3) is 0 Å². The van der Waals surface area contributed by atoms with Crippen LogP contribution in [0.1, 0.15) is 31.9 Å². The van der Waals surface area contributed by atoms with Crippen molar-refractivity contribution in [3.63, 3.8) is 0 Å². The van der Waals surface area contributed by atoms with Gasteiger partial charge in [0.1, 0.15) is 6.10 Å². The minimum Gasteiger partial charge on any atom is -0.443 e. The standard InChI is InChI=1S/C22H28N2O2/c1-22(2,3)18-12-10-17(11-13-18)14-23(4)15-20-16-24(21(25)26-20)19-8-6-5-7-9-19/h5-13,20H,14-16H2,1-4H3. The summed E-state index contributed by atoms with van der Waals surface area (Å²) in [6.07, 6.45) is -0.370. The maximum Gasteiger partial charge on any atom is 0.414 e. The Morgan fingerprint density at radius 2 is 1.73 bits per heavy atom. The molecule has 1 amide bonds. The third-order valence-corrected chi connectivity index (χ3v) is 4.73. The lowest BCUT2D eigenvalue weighted by molar-refractivity contribution is 0.115. The van der Waals surface area contributed by atoms with Crippen LogP contribution in [0.25, 0.3) is 0 Å². The van der Waals surface area contributed by atoms with E-state index in [4.69, 9.17) is 4.74 Å². The molecule has 3 rings (SSSR count). The van der Waals surface area contributed by atoms with Gasteiger partial charge >= 0.3 is 6.09 Å². The molecule has 0 spiro atoms. The van der Waals surface area contributed by atoms with Crippen molar-refractivity contribution in [1.82, 2.24) is 4.90 Å². The van der Waals surface area contributed by atoms with E-state index >= 15 is 0 Å². The average Bonchev–Trinajstić information content (AvgIpc) is 2.95. The molecule has 0 bridgehead atoms. The van der Waals surface area contributed by atoms with E-state index in [2.05, 4.69) is 57.0 Å². The van der Waals surface area contributed by atoms with Crippen molar-refractivity contribution < 1.29 is 9.53 Å². The second-order valence-electron chi connectivity index (χ2n) is 8.10. The first-order chi connectivity index (χ1) is 12.3. The lowest BCUT2D eigenvalue weighted by Gasteiger charge is -2.22. The molecule has 1 saturated heterocycles. The number of anilines is 1. The van der Waals surface area contributed by atoms with Gasteiger partial charge in [0.05, 0.1) is 6.54 Å². The molecule has 138 valence electrons. The van der Waals surface area contributed by atoms with Crippen molar-refractivity contribution in [2.24, 2.45) is 0 Å². The molecule has 26 heavy (non-hydrogen) atoms. The van der Waals surface area contributed by atoms with Crippen LogP contribution < -0.4 is 4.90 Å². The highest BCUT2D eigenvalue weighted by atomic mass is 16.6. The zero-order valence-corrected chi connectivity index (χ0v) is 16.1. The molecule has 1 unspecified atom stereocenters. The maximum absolute atomic E-state index is 12.1. The lowest BCUT2D eigenvalue weighted by atomic mass is 9.87. The number of amides is 1. The molecule has 4 nitrogen and oxygen atoms in total. The van der Waals surface area contributed by atoms with Crippen LogP contribution >= 0.6 is 0 Å². The number of nitrogens with zero attached hydrogens (tertiary/aromatic N) is 2. The Balaban J connectivity index is 1.55. The van der Waals surface area contributed by atoms with E-state index in [9.17, 15) is 4.79 Å². The Morgan fingerprint density at radius 3 is 2.35 bits per heavy atom. The van der Waals surface area contributed by atoms with E-state index in [-0.39, 0.29) is 17.6 Å². The lowest BCUT2D eigenvalue weighted by Crippen LogP contribution is -2.32. The molecule has 1 atom stereocenters. The van der Waals surface area contributed by atoms with E-state index in [1.165, 1.54) is 11.1 Å². The van der Waals surface area contributed by atoms with E-state index in [0.29, 0.717) is 6.54 Å². The fourth-order valence-electron chi connectivity index (χ4n) is 3.27. The van der Waals surface area contributed by atoms with Gasteiger partial charge in [-0.1, -0.05) is 63.2 Å². The maximum atomic E-state index is 12.1. The van der Waals surface area contributed by atoms with Gasteiger partial charge in [-0.3, -0.25) is 9.80 Å². The Labute approximate surface area is 156 Å². The van der Waals surface area contributed by atoms with Crippen molar-refractivity contribution in [3.8, 4) is 0 Å². The first kappa shape index (κ1) is 18.5. The van der Waals surface area contributed by atoms with E-state index in [1.807, 2.05) is 30.3 Å². The molecule has 2 aromatic rings. The van der Waals surface area contributed by atoms with E-state index < -0.39 is 0 Å². The quantitative estimate of drug-likeness (QED) is 0.797. The van der Waals surface area contributed by atoms with Gasteiger partial charge in [0.2, 0.25) is 0 Å². The molecular formula is C22H28N2O2. The van der Waals surface area contributed by atoms with Gasteiger partial charge < -0.3 is 4.74 Å². The molecular weight excluding hydrogens is 324 g/mol. The van der Waals surface area contributed by atoms with Crippen LogP contribution in [0.4, 0.5) is 10.5 Å². The number of hydrogen-bond acceptors (Lipinski definition) is 3. The largest absolute Gasteiger partial charge is 0.443 e. The van der Waals surface area contributed by atoms with Crippen molar-refractivity contribution in [2.75, 3.05) is 25.0 Å². The summed E-state index contributed by atoms with van der Waals surface area (Å²) in [5.74, 6) is 0. The molecule has 2 aromatic carbocycles. The first-order valence-electron chi connectivity index (χ1n) is 9.14. The number of benzene rings is 2. The predicted molar refractivity (Wildman–Crippen MR) is 106 cm³/mol. The van der Waals surface area contributed by atoms with Crippen molar-refractivity contribution in [2.45, 2.75) is 38.8 Å². The number of cyclic esters (lactones) is 1. The van der Waals surface area contributed by atoms with Crippen LogP contribution in [0.15, 0.2) is 54.6 Å². The van der Waals surface area contributed by atoms with E-state index in [0.717, 1.165) is 18.8 Å². The zero-order valence-electron chi connectivity index (χ0n) is 16.1. The van der Waals surface area contributed by atoms with Gasteiger partial charge in [0, 0.05) is 18.8 Å². The molecule has 1 aliphatic rings. The summed E-state index contributed by atoms with van der Waals surface area (Å²) in [5, 5.41) is 0. The van der Waals surface area contributed by atoms with Gasteiger partial charge in [-0.05, 0) is 35.7 Å². The number of carbonyl (C=O) groups is 1. The zero-order chi connectivity index (χ0) is 18.7. The minimum absolute atomic E-state index is 0.110. The highest BCUT2D eigenvalue weighted by Gasteiger charge is 2.32.